The molecule has 120 valence electrons. The number of hydrogen-bond donors (Lipinski definition) is 1. The van der Waals surface area contributed by atoms with Crippen LogP contribution < -0.4 is 5.32 Å². The van der Waals surface area contributed by atoms with Crippen LogP contribution in [0.1, 0.15) is 44.4 Å². The molecule has 2 heterocycles. The van der Waals surface area contributed by atoms with E-state index in [0.29, 0.717) is 16.7 Å². The van der Waals surface area contributed by atoms with Crippen LogP contribution in [0, 0.1) is 5.82 Å². The van der Waals surface area contributed by atoms with E-state index in [1.165, 1.54) is 18.5 Å². The van der Waals surface area contributed by atoms with Gasteiger partial charge in [-0.15, -0.1) is 11.3 Å². The monoisotopic (exact) mass is 330 g/mol. The Morgan fingerprint density at radius 1 is 1.22 bits per heavy atom. The maximum absolute atomic E-state index is 13.5. The Kier molecular flexibility index (Phi) is 4.02. The molecule has 0 spiro atoms. The molecule has 1 N–H and O–H groups in total. The normalized spacial score (nSPS) is 13.3. The maximum atomic E-state index is 13.5. The van der Waals surface area contributed by atoms with Crippen LogP contribution in [0.25, 0.3) is 10.9 Å². The molecular weight excluding hydrogens is 311 g/mol. The average Bonchev–Trinajstić information content (AvgIpc) is 2.98. The Morgan fingerprint density at radius 2 is 2.00 bits per heavy atom. The first-order valence-electron chi connectivity index (χ1n) is 7.47. The van der Waals surface area contributed by atoms with Gasteiger partial charge in [0.1, 0.15) is 23.0 Å². The highest BCUT2D eigenvalue weighted by molar-refractivity contribution is 7.09. The minimum atomic E-state index is -0.299. The molecular formula is C17H19FN4S. The molecule has 0 bridgehead atoms. The van der Waals surface area contributed by atoms with Gasteiger partial charge >= 0.3 is 0 Å². The highest BCUT2D eigenvalue weighted by Crippen LogP contribution is 2.29. The van der Waals surface area contributed by atoms with Crippen molar-refractivity contribution in [2.24, 2.45) is 0 Å². The van der Waals surface area contributed by atoms with E-state index in [1.807, 2.05) is 6.92 Å². The Morgan fingerprint density at radius 3 is 2.70 bits per heavy atom. The third-order valence-corrected chi connectivity index (χ3v) is 4.64. The van der Waals surface area contributed by atoms with Gasteiger partial charge in [0.2, 0.25) is 0 Å². The number of nitrogens with zero attached hydrogens (tertiary/aromatic N) is 3. The van der Waals surface area contributed by atoms with E-state index in [1.54, 1.807) is 17.4 Å². The van der Waals surface area contributed by atoms with Gasteiger partial charge in [0, 0.05) is 16.2 Å². The molecule has 3 aromatic rings. The summed E-state index contributed by atoms with van der Waals surface area (Å²) in [6.07, 6.45) is 1.48. The van der Waals surface area contributed by atoms with E-state index in [4.69, 9.17) is 4.98 Å². The first-order chi connectivity index (χ1) is 10.8. The lowest BCUT2D eigenvalue weighted by Gasteiger charge is -2.16. The number of rotatable bonds is 3. The molecule has 4 nitrogen and oxygen atoms in total. The van der Waals surface area contributed by atoms with Crippen LogP contribution in [0.15, 0.2) is 29.9 Å². The summed E-state index contributed by atoms with van der Waals surface area (Å²) in [7, 11) is 0. The van der Waals surface area contributed by atoms with Crippen LogP contribution in [-0.4, -0.2) is 15.0 Å². The van der Waals surface area contributed by atoms with Crippen LogP contribution in [0.2, 0.25) is 0 Å². The van der Waals surface area contributed by atoms with Crippen LogP contribution in [0.5, 0.6) is 0 Å². The summed E-state index contributed by atoms with van der Waals surface area (Å²) < 4.78 is 13.5. The van der Waals surface area contributed by atoms with Crippen molar-refractivity contribution in [3.8, 4) is 0 Å². The SMILES string of the molecule is CC(Nc1ncnc2ccc(F)cc12)c1nc(C(C)(C)C)cs1. The number of aromatic nitrogens is 3. The Balaban J connectivity index is 1.90. The molecule has 0 saturated carbocycles. The van der Waals surface area contributed by atoms with Crippen LogP contribution in [0.4, 0.5) is 10.2 Å². The fraction of sp³-hybridized carbons (Fsp3) is 0.353. The lowest BCUT2D eigenvalue weighted by Crippen LogP contribution is -2.13. The molecule has 0 aliphatic rings. The number of fused-ring (bicyclic) bond motifs is 1. The van der Waals surface area contributed by atoms with Crippen LogP contribution in [0.3, 0.4) is 0 Å². The topological polar surface area (TPSA) is 50.7 Å². The third-order valence-electron chi connectivity index (χ3n) is 3.61. The molecule has 6 heteroatoms. The zero-order chi connectivity index (χ0) is 16.6. The van der Waals surface area contributed by atoms with Crippen LogP contribution in [-0.2, 0) is 5.41 Å². The first kappa shape index (κ1) is 15.8. The number of benzene rings is 1. The van der Waals surface area contributed by atoms with Gasteiger partial charge in [-0.2, -0.15) is 0 Å². The van der Waals surface area contributed by atoms with E-state index in [0.717, 1.165) is 10.7 Å². The Hall–Kier alpha value is -2.08. The summed E-state index contributed by atoms with van der Waals surface area (Å²) in [5.74, 6) is 0.321. The molecule has 1 unspecified atom stereocenters. The van der Waals surface area contributed by atoms with Crippen molar-refractivity contribution in [1.82, 2.24) is 15.0 Å². The second kappa shape index (κ2) is 5.85. The lowest BCUT2D eigenvalue weighted by atomic mass is 9.93. The largest absolute Gasteiger partial charge is 0.360 e. The number of thiazole rings is 1. The van der Waals surface area contributed by atoms with Crippen molar-refractivity contribution in [2.75, 3.05) is 5.32 Å². The van der Waals surface area contributed by atoms with Gasteiger partial charge in [0.15, 0.2) is 0 Å². The molecule has 0 fully saturated rings. The molecule has 23 heavy (non-hydrogen) atoms. The highest BCUT2D eigenvalue weighted by atomic mass is 32.1. The summed E-state index contributed by atoms with van der Waals surface area (Å²) in [6, 6.07) is 4.49. The van der Waals surface area contributed by atoms with Gasteiger partial charge in [-0.05, 0) is 25.1 Å². The van der Waals surface area contributed by atoms with Crippen molar-refractivity contribution in [3.05, 3.63) is 46.4 Å². The van der Waals surface area contributed by atoms with Gasteiger partial charge in [-0.3, -0.25) is 0 Å². The molecule has 0 aliphatic carbocycles. The Bertz CT molecular complexity index is 838. The fourth-order valence-corrected chi connectivity index (χ4v) is 3.29. The average molecular weight is 330 g/mol. The highest BCUT2D eigenvalue weighted by Gasteiger charge is 2.20. The molecule has 2 aromatic heterocycles. The van der Waals surface area contributed by atoms with E-state index in [-0.39, 0.29) is 17.3 Å². The summed E-state index contributed by atoms with van der Waals surface area (Å²) in [6.45, 7) is 8.46. The number of nitrogens with one attached hydrogen (secondary N) is 1. The van der Waals surface area contributed by atoms with Crippen molar-refractivity contribution >= 4 is 28.1 Å². The summed E-state index contributed by atoms with van der Waals surface area (Å²) in [5.41, 5.74) is 1.81. The quantitative estimate of drug-likeness (QED) is 0.756. The minimum absolute atomic E-state index is 0.0162. The second-order valence-corrected chi connectivity index (χ2v) is 7.46. The number of anilines is 1. The summed E-state index contributed by atoms with van der Waals surface area (Å²) >= 11 is 1.62. The molecule has 3 rings (SSSR count). The van der Waals surface area contributed by atoms with Crippen molar-refractivity contribution < 1.29 is 4.39 Å². The molecule has 0 amide bonds. The molecule has 0 radical (unpaired) electrons. The zero-order valence-corrected chi connectivity index (χ0v) is 14.4. The van der Waals surface area contributed by atoms with E-state index < -0.39 is 0 Å². The fourth-order valence-electron chi connectivity index (χ4n) is 2.24. The van der Waals surface area contributed by atoms with Gasteiger partial charge in [-0.1, -0.05) is 20.8 Å². The van der Waals surface area contributed by atoms with Crippen molar-refractivity contribution in [3.63, 3.8) is 0 Å². The predicted molar refractivity (Wildman–Crippen MR) is 92.3 cm³/mol. The standard InChI is InChI=1S/C17H19FN4S/c1-10(16-22-14(8-23-16)17(2,3)4)21-15-12-7-11(18)5-6-13(12)19-9-20-15/h5-10H,1-4H3,(H,19,20,21). The Labute approximate surface area is 138 Å². The molecule has 1 atom stereocenters. The predicted octanol–water partition coefficient (Wildman–Crippen LogP) is 4.70. The molecule has 1 aromatic carbocycles. The van der Waals surface area contributed by atoms with E-state index in [2.05, 4.69) is 41.4 Å². The first-order valence-corrected chi connectivity index (χ1v) is 8.35. The van der Waals surface area contributed by atoms with Crippen molar-refractivity contribution in [2.45, 2.75) is 39.2 Å². The molecule has 0 saturated heterocycles. The van der Waals surface area contributed by atoms with E-state index in [9.17, 15) is 4.39 Å². The zero-order valence-electron chi connectivity index (χ0n) is 13.6. The summed E-state index contributed by atoms with van der Waals surface area (Å²) in [5, 5.41) is 7.07. The number of halogens is 1. The third kappa shape index (κ3) is 3.32. The van der Waals surface area contributed by atoms with Gasteiger partial charge in [-0.25, -0.2) is 19.3 Å². The number of hydrogen-bond acceptors (Lipinski definition) is 5. The van der Waals surface area contributed by atoms with Crippen molar-refractivity contribution in [1.29, 1.82) is 0 Å². The summed E-state index contributed by atoms with van der Waals surface area (Å²) in [4.78, 5) is 13.1. The second-order valence-electron chi connectivity index (χ2n) is 6.57. The lowest BCUT2D eigenvalue weighted by molar-refractivity contribution is 0.569. The van der Waals surface area contributed by atoms with Gasteiger partial charge < -0.3 is 5.32 Å². The maximum Gasteiger partial charge on any atom is 0.137 e. The van der Waals surface area contributed by atoms with Gasteiger partial charge in [0.05, 0.1) is 17.3 Å². The van der Waals surface area contributed by atoms with E-state index >= 15 is 0 Å². The smallest absolute Gasteiger partial charge is 0.137 e. The van der Waals surface area contributed by atoms with Crippen LogP contribution >= 0.6 is 11.3 Å². The minimum Gasteiger partial charge on any atom is -0.360 e. The molecule has 0 aliphatic heterocycles. The van der Waals surface area contributed by atoms with Gasteiger partial charge in [0.25, 0.3) is 0 Å².